The number of barbiturate groups is 1. The van der Waals surface area contributed by atoms with Gasteiger partial charge in [-0.25, -0.2) is 19.7 Å². The molecule has 1 N–H and O–H groups in total. The fourth-order valence-corrected chi connectivity index (χ4v) is 2.91. The number of rotatable bonds is 1. The molecule has 0 unspecified atom stereocenters. The number of hydrogen-bond acceptors (Lipinski definition) is 5. The van der Waals surface area contributed by atoms with Crippen LogP contribution in [0.4, 0.5) is 10.5 Å². The highest BCUT2D eigenvalue weighted by atomic mass is 16.2. The van der Waals surface area contributed by atoms with Crippen LogP contribution in [0.2, 0.25) is 0 Å². The van der Waals surface area contributed by atoms with Crippen LogP contribution in [0, 0.1) is 5.41 Å². The monoisotopic (exact) mass is 274 g/mol. The molecule has 2 heterocycles. The van der Waals surface area contributed by atoms with Gasteiger partial charge in [-0.3, -0.25) is 14.9 Å². The smallest absolute Gasteiger partial charge is 0.276 e. The molecule has 1 saturated carbocycles. The summed E-state index contributed by atoms with van der Waals surface area (Å²) >= 11 is 0. The number of nitrogens with one attached hydrogen (secondary N) is 1. The highest BCUT2D eigenvalue weighted by molar-refractivity contribution is 6.29. The topological polar surface area (TPSA) is 92.3 Å². The molecule has 1 saturated heterocycles. The van der Waals surface area contributed by atoms with Gasteiger partial charge in [-0.05, 0) is 12.8 Å². The van der Waals surface area contributed by atoms with E-state index in [-0.39, 0.29) is 5.69 Å². The lowest BCUT2D eigenvalue weighted by Gasteiger charge is -2.40. The normalized spacial score (nSPS) is 22.0. The number of urea groups is 1. The zero-order valence-electron chi connectivity index (χ0n) is 10.8. The third kappa shape index (κ3) is 1.77. The first-order valence-corrected chi connectivity index (χ1v) is 6.60. The van der Waals surface area contributed by atoms with E-state index in [1.54, 1.807) is 0 Å². The van der Waals surface area contributed by atoms with Gasteiger partial charge in [-0.2, -0.15) is 0 Å². The van der Waals surface area contributed by atoms with E-state index in [1.165, 1.54) is 18.7 Å². The Labute approximate surface area is 115 Å². The van der Waals surface area contributed by atoms with Crippen molar-refractivity contribution in [3.63, 3.8) is 0 Å². The van der Waals surface area contributed by atoms with E-state index in [9.17, 15) is 14.4 Å². The maximum Gasteiger partial charge on any atom is 0.335 e. The highest BCUT2D eigenvalue weighted by Crippen LogP contribution is 2.41. The molecule has 1 spiro atoms. The van der Waals surface area contributed by atoms with Crippen LogP contribution in [0.5, 0.6) is 0 Å². The van der Waals surface area contributed by atoms with E-state index in [0.29, 0.717) is 12.8 Å². The molecule has 1 aromatic heterocycles. The van der Waals surface area contributed by atoms with Gasteiger partial charge < -0.3 is 0 Å². The van der Waals surface area contributed by atoms with Gasteiger partial charge in [0.1, 0.15) is 11.7 Å². The van der Waals surface area contributed by atoms with Gasteiger partial charge >= 0.3 is 6.03 Å². The van der Waals surface area contributed by atoms with E-state index in [2.05, 4.69) is 15.3 Å². The average Bonchev–Trinajstić information content (AvgIpc) is 2.48. The van der Waals surface area contributed by atoms with Crippen LogP contribution >= 0.6 is 0 Å². The Morgan fingerprint density at radius 1 is 1.05 bits per heavy atom. The van der Waals surface area contributed by atoms with Crippen LogP contribution in [0.3, 0.4) is 0 Å². The van der Waals surface area contributed by atoms with E-state index in [0.717, 1.165) is 24.2 Å². The Bertz CT molecular complexity index is 566. The Morgan fingerprint density at radius 3 is 2.35 bits per heavy atom. The van der Waals surface area contributed by atoms with Crippen molar-refractivity contribution in [3.8, 4) is 0 Å². The number of carbonyl (C=O) groups is 3. The summed E-state index contributed by atoms with van der Waals surface area (Å²) in [5.74, 6) is -0.930. The predicted octanol–water partition coefficient (Wildman–Crippen LogP) is 1.01. The fraction of sp³-hybridized carbons (Fsp3) is 0.462. The first-order valence-electron chi connectivity index (χ1n) is 6.60. The van der Waals surface area contributed by atoms with Crippen molar-refractivity contribution in [2.75, 3.05) is 4.90 Å². The molecule has 0 atom stereocenters. The van der Waals surface area contributed by atoms with Crippen LogP contribution in [0.25, 0.3) is 0 Å². The molecule has 0 aromatic carbocycles. The quantitative estimate of drug-likeness (QED) is 0.771. The zero-order valence-corrected chi connectivity index (χ0v) is 10.8. The highest BCUT2D eigenvalue weighted by Gasteiger charge is 2.54. The van der Waals surface area contributed by atoms with Crippen molar-refractivity contribution < 1.29 is 14.4 Å². The summed E-state index contributed by atoms with van der Waals surface area (Å²) in [7, 11) is 0. The van der Waals surface area contributed by atoms with Gasteiger partial charge in [0, 0.05) is 0 Å². The summed E-state index contributed by atoms with van der Waals surface area (Å²) in [6, 6.07) is -0.731. The molecule has 1 aliphatic heterocycles. The lowest BCUT2D eigenvalue weighted by molar-refractivity contribution is -0.144. The molecular weight excluding hydrogens is 260 g/mol. The molecule has 7 nitrogen and oxygen atoms in total. The minimum atomic E-state index is -1.11. The fourth-order valence-electron chi connectivity index (χ4n) is 2.91. The van der Waals surface area contributed by atoms with E-state index in [1.807, 2.05) is 0 Å². The van der Waals surface area contributed by atoms with E-state index < -0.39 is 23.3 Å². The van der Waals surface area contributed by atoms with Crippen molar-refractivity contribution in [1.82, 2.24) is 15.3 Å². The molecular formula is C13H14N4O3. The van der Waals surface area contributed by atoms with Gasteiger partial charge in [-0.15, -0.1) is 0 Å². The SMILES string of the molecule is O=C1NC(=O)C2(CCCCC2)C(=O)N1c1cncnc1. The summed E-state index contributed by atoms with van der Waals surface area (Å²) in [5, 5.41) is 2.29. The molecule has 1 aliphatic carbocycles. The standard InChI is InChI=1S/C13H14N4O3/c18-10-13(4-2-1-3-5-13)11(19)17(12(20)16-10)9-6-14-8-15-7-9/h6-8H,1-5H2,(H,16,18,20). The summed E-state index contributed by atoms with van der Waals surface area (Å²) in [6.07, 6.45) is 7.68. The molecule has 2 fully saturated rings. The number of amides is 4. The molecule has 104 valence electrons. The minimum absolute atomic E-state index is 0.285. The van der Waals surface area contributed by atoms with Crippen molar-refractivity contribution in [2.45, 2.75) is 32.1 Å². The van der Waals surface area contributed by atoms with Gasteiger partial charge in [0.2, 0.25) is 5.91 Å². The van der Waals surface area contributed by atoms with Gasteiger partial charge in [0.15, 0.2) is 0 Å². The van der Waals surface area contributed by atoms with Crippen LogP contribution < -0.4 is 10.2 Å². The number of anilines is 1. The lowest BCUT2D eigenvalue weighted by atomic mass is 9.71. The van der Waals surface area contributed by atoms with Gasteiger partial charge in [0.25, 0.3) is 5.91 Å². The van der Waals surface area contributed by atoms with E-state index in [4.69, 9.17) is 0 Å². The van der Waals surface area contributed by atoms with Gasteiger partial charge in [0.05, 0.1) is 18.1 Å². The Kier molecular flexibility index (Phi) is 2.96. The Hall–Kier alpha value is -2.31. The maximum absolute atomic E-state index is 12.7. The molecule has 3 rings (SSSR count). The average molecular weight is 274 g/mol. The molecule has 0 bridgehead atoms. The second-order valence-electron chi connectivity index (χ2n) is 5.14. The Balaban J connectivity index is 2.01. The first kappa shape index (κ1) is 12.7. The van der Waals surface area contributed by atoms with Crippen LogP contribution in [-0.4, -0.2) is 27.8 Å². The summed E-state index contributed by atoms with van der Waals surface area (Å²) < 4.78 is 0. The summed E-state index contributed by atoms with van der Waals surface area (Å²) in [5.41, 5.74) is -0.824. The number of imide groups is 2. The number of hydrogen-bond donors (Lipinski definition) is 1. The largest absolute Gasteiger partial charge is 0.335 e. The molecule has 20 heavy (non-hydrogen) atoms. The minimum Gasteiger partial charge on any atom is -0.276 e. The molecule has 7 heteroatoms. The third-order valence-corrected chi connectivity index (χ3v) is 3.98. The number of aromatic nitrogens is 2. The van der Waals surface area contributed by atoms with Crippen molar-refractivity contribution in [1.29, 1.82) is 0 Å². The van der Waals surface area contributed by atoms with Crippen molar-refractivity contribution in [3.05, 3.63) is 18.7 Å². The van der Waals surface area contributed by atoms with Crippen molar-refractivity contribution >= 4 is 23.5 Å². The second-order valence-corrected chi connectivity index (χ2v) is 5.14. The summed E-state index contributed by atoms with van der Waals surface area (Å²) in [6.45, 7) is 0. The van der Waals surface area contributed by atoms with Crippen LogP contribution in [-0.2, 0) is 9.59 Å². The third-order valence-electron chi connectivity index (χ3n) is 3.98. The maximum atomic E-state index is 12.7. The van der Waals surface area contributed by atoms with Crippen LogP contribution in [0.1, 0.15) is 32.1 Å². The van der Waals surface area contributed by atoms with E-state index >= 15 is 0 Å². The first-order chi connectivity index (χ1) is 9.65. The number of carbonyl (C=O) groups excluding carboxylic acids is 3. The lowest BCUT2D eigenvalue weighted by Crippen LogP contribution is -2.64. The van der Waals surface area contributed by atoms with Crippen molar-refractivity contribution in [2.24, 2.45) is 5.41 Å². The predicted molar refractivity (Wildman–Crippen MR) is 68.6 cm³/mol. The second kappa shape index (κ2) is 4.66. The molecule has 4 amide bonds. The molecule has 2 aliphatic rings. The number of nitrogens with zero attached hydrogens (tertiary/aromatic N) is 3. The van der Waals surface area contributed by atoms with Gasteiger partial charge in [-0.1, -0.05) is 19.3 Å². The zero-order chi connectivity index (χ0) is 14.2. The molecule has 0 radical (unpaired) electrons. The molecule has 1 aromatic rings. The van der Waals surface area contributed by atoms with Crippen LogP contribution in [0.15, 0.2) is 18.7 Å². The Morgan fingerprint density at radius 2 is 1.70 bits per heavy atom. The summed E-state index contributed by atoms with van der Waals surface area (Å²) in [4.78, 5) is 45.4.